The molecule has 0 atom stereocenters. The Morgan fingerprint density at radius 3 is 3.00 bits per heavy atom. The lowest BCUT2D eigenvalue weighted by atomic mass is 10.2. The number of nitrogen functional groups attached to an aromatic ring is 1. The van der Waals surface area contributed by atoms with Crippen LogP contribution >= 0.6 is 27.3 Å². The molecule has 2 N–H and O–H groups in total. The van der Waals surface area contributed by atoms with Crippen LogP contribution in [0.3, 0.4) is 0 Å². The van der Waals surface area contributed by atoms with Gasteiger partial charge in [-0.05, 0) is 24.6 Å². The van der Waals surface area contributed by atoms with Crippen LogP contribution in [-0.2, 0) is 6.61 Å². The monoisotopic (exact) mass is 298 g/mol. The zero-order chi connectivity index (χ0) is 11.5. The van der Waals surface area contributed by atoms with E-state index in [-0.39, 0.29) is 0 Å². The molecule has 2 aromatic rings. The van der Waals surface area contributed by atoms with Gasteiger partial charge in [-0.25, -0.2) is 4.98 Å². The molecule has 0 amide bonds. The van der Waals surface area contributed by atoms with Crippen molar-refractivity contribution >= 4 is 32.4 Å². The van der Waals surface area contributed by atoms with Crippen LogP contribution in [0.15, 0.2) is 28.9 Å². The maximum atomic E-state index is 5.70. The fourth-order valence-electron chi connectivity index (χ4n) is 1.27. The number of hydrogen-bond acceptors (Lipinski definition) is 4. The lowest BCUT2D eigenvalue weighted by Crippen LogP contribution is -1.94. The van der Waals surface area contributed by atoms with Crippen LogP contribution in [0, 0.1) is 6.92 Å². The highest BCUT2D eigenvalue weighted by Crippen LogP contribution is 2.24. The molecule has 0 fully saturated rings. The summed E-state index contributed by atoms with van der Waals surface area (Å²) in [7, 11) is 0. The molecule has 1 aromatic carbocycles. The number of hydrogen-bond donors (Lipinski definition) is 1. The number of thiazole rings is 1. The third-order valence-electron chi connectivity index (χ3n) is 2.09. The molecule has 0 radical (unpaired) electrons. The number of halogens is 1. The summed E-state index contributed by atoms with van der Waals surface area (Å²) in [6.07, 6.45) is 1.74. The Balaban J connectivity index is 2.07. The number of anilines is 1. The molecule has 1 heterocycles. The van der Waals surface area contributed by atoms with Crippen molar-refractivity contribution in [3.63, 3.8) is 0 Å². The number of rotatable bonds is 3. The summed E-state index contributed by atoms with van der Waals surface area (Å²) in [5.41, 5.74) is 6.66. The van der Waals surface area contributed by atoms with E-state index in [4.69, 9.17) is 10.5 Å². The maximum Gasteiger partial charge on any atom is 0.180 e. The number of nitrogens with zero attached hydrogens (tertiary/aromatic N) is 1. The molecule has 5 heteroatoms. The molecule has 0 aliphatic carbocycles. The largest absolute Gasteiger partial charge is 0.488 e. The van der Waals surface area contributed by atoms with Gasteiger partial charge in [0.25, 0.3) is 0 Å². The summed E-state index contributed by atoms with van der Waals surface area (Å²) in [6, 6.07) is 5.97. The van der Waals surface area contributed by atoms with Gasteiger partial charge in [0, 0.05) is 10.7 Å². The number of nitrogens with two attached hydrogens (primary N) is 1. The molecular formula is C11H11BrN2OS. The minimum Gasteiger partial charge on any atom is -0.488 e. The Morgan fingerprint density at radius 2 is 2.31 bits per heavy atom. The Bertz CT molecular complexity index is 498. The van der Waals surface area contributed by atoms with E-state index < -0.39 is 0 Å². The van der Waals surface area contributed by atoms with Crippen LogP contribution in [0.5, 0.6) is 5.75 Å². The molecule has 0 bridgehead atoms. The van der Waals surface area contributed by atoms with Crippen molar-refractivity contribution in [1.82, 2.24) is 4.98 Å². The Labute approximate surface area is 106 Å². The first-order valence-electron chi connectivity index (χ1n) is 4.74. The third-order valence-corrected chi connectivity index (χ3v) is 3.38. The highest BCUT2D eigenvalue weighted by molar-refractivity contribution is 9.10. The second-order valence-electron chi connectivity index (χ2n) is 3.36. The average molecular weight is 299 g/mol. The maximum absolute atomic E-state index is 5.70. The van der Waals surface area contributed by atoms with Crippen LogP contribution in [0.25, 0.3) is 0 Å². The summed E-state index contributed by atoms with van der Waals surface area (Å²) in [4.78, 5) is 5.00. The molecule has 0 spiro atoms. The van der Waals surface area contributed by atoms with E-state index in [1.54, 1.807) is 6.20 Å². The minimum absolute atomic E-state index is 0.506. The predicted octanol–water partition coefficient (Wildman–Crippen LogP) is 3.38. The molecule has 84 valence electrons. The summed E-state index contributed by atoms with van der Waals surface area (Å²) in [6.45, 7) is 2.52. The topological polar surface area (TPSA) is 48.1 Å². The zero-order valence-electron chi connectivity index (χ0n) is 8.74. The van der Waals surface area contributed by atoms with Crippen molar-refractivity contribution in [3.05, 3.63) is 39.3 Å². The van der Waals surface area contributed by atoms with Crippen molar-refractivity contribution < 1.29 is 4.74 Å². The van der Waals surface area contributed by atoms with E-state index in [0.29, 0.717) is 11.7 Å². The molecular weight excluding hydrogens is 288 g/mol. The van der Waals surface area contributed by atoms with E-state index in [1.807, 2.05) is 25.1 Å². The second-order valence-corrected chi connectivity index (χ2v) is 5.43. The first-order valence-corrected chi connectivity index (χ1v) is 6.35. The van der Waals surface area contributed by atoms with Gasteiger partial charge in [-0.15, -0.1) is 0 Å². The fraction of sp³-hybridized carbons (Fsp3) is 0.182. The smallest absolute Gasteiger partial charge is 0.180 e. The predicted molar refractivity (Wildman–Crippen MR) is 69.7 cm³/mol. The van der Waals surface area contributed by atoms with Gasteiger partial charge in [0.2, 0.25) is 0 Å². The van der Waals surface area contributed by atoms with Crippen molar-refractivity contribution in [2.75, 3.05) is 5.73 Å². The van der Waals surface area contributed by atoms with E-state index in [0.717, 1.165) is 20.7 Å². The van der Waals surface area contributed by atoms with Crippen molar-refractivity contribution in [2.45, 2.75) is 13.5 Å². The third kappa shape index (κ3) is 2.74. The second kappa shape index (κ2) is 4.84. The van der Waals surface area contributed by atoms with Gasteiger partial charge >= 0.3 is 0 Å². The van der Waals surface area contributed by atoms with Crippen molar-refractivity contribution in [3.8, 4) is 5.75 Å². The van der Waals surface area contributed by atoms with Crippen LogP contribution in [0.2, 0.25) is 0 Å². The molecule has 0 aliphatic rings. The quantitative estimate of drug-likeness (QED) is 0.945. The highest BCUT2D eigenvalue weighted by Gasteiger charge is 2.03. The van der Waals surface area contributed by atoms with Gasteiger partial charge in [-0.2, -0.15) is 0 Å². The minimum atomic E-state index is 0.506. The van der Waals surface area contributed by atoms with Crippen LogP contribution in [-0.4, -0.2) is 4.98 Å². The van der Waals surface area contributed by atoms with Gasteiger partial charge in [-0.1, -0.05) is 33.3 Å². The first kappa shape index (κ1) is 11.4. The molecule has 0 unspecified atom stereocenters. The number of aromatic nitrogens is 1. The standard InChI is InChI=1S/C11H11BrN2OS/c1-7-2-3-8(12)4-10(7)15-6-9-5-14-11(13)16-9/h2-5H,6H2,1H3,(H2,13,14). The van der Waals surface area contributed by atoms with Gasteiger partial charge in [0.1, 0.15) is 12.4 Å². The Kier molecular flexibility index (Phi) is 3.46. The van der Waals surface area contributed by atoms with Crippen LogP contribution < -0.4 is 10.5 Å². The van der Waals surface area contributed by atoms with Gasteiger partial charge in [0.15, 0.2) is 5.13 Å². The van der Waals surface area contributed by atoms with Gasteiger partial charge in [-0.3, -0.25) is 0 Å². The van der Waals surface area contributed by atoms with E-state index in [1.165, 1.54) is 11.3 Å². The summed E-state index contributed by atoms with van der Waals surface area (Å²) >= 11 is 4.86. The lowest BCUT2D eigenvalue weighted by molar-refractivity contribution is 0.307. The number of ether oxygens (including phenoxy) is 1. The van der Waals surface area contributed by atoms with Crippen LogP contribution in [0.1, 0.15) is 10.4 Å². The van der Waals surface area contributed by atoms with Gasteiger partial charge < -0.3 is 10.5 Å². The number of aryl methyl sites for hydroxylation is 1. The Hall–Kier alpha value is -1.07. The summed E-state index contributed by atoms with van der Waals surface area (Å²) in [5, 5.41) is 0.574. The van der Waals surface area contributed by atoms with Gasteiger partial charge in [0.05, 0.1) is 4.88 Å². The summed E-state index contributed by atoms with van der Waals surface area (Å²) < 4.78 is 6.71. The lowest BCUT2D eigenvalue weighted by Gasteiger charge is -2.07. The van der Waals surface area contributed by atoms with Crippen molar-refractivity contribution in [1.29, 1.82) is 0 Å². The normalized spacial score (nSPS) is 10.4. The molecule has 2 rings (SSSR count). The molecule has 3 nitrogen and oxygen atoms in total. The first-order chi connectivity index (χ1) is 7.65. The van der Waals surface area contributed by atoms with Crippen molar-refractivity contribution in [2.24, 2.45) is 0 Å². The average Bonchev–Trinajstić information content (AvgIpc) is 2.66. The zero-order valence-corrected chi connectivity index (χ0v) is 11.1. The van der Waals surface area contributed by atoms with E-state index in [2.05, 4.69) is 20.9 Å². The Morgan fingerprint density at radius 1 is 1.50 bits per heavy atom. The molecule has 0 saturated carbocycles. The van der Waals surface area contributed by atoms with E-state index >= 15 is 0 Å². The molecule has 0 saturated heterocycles. The molecule has 1 aromatic heterocycles. The molecule has 16 heavy (non-hydrogen) atoms. The fourth-order valence-corrected chi connectivity index (χ4v) is 2.21. The SMILES string of the molecule is Cc1ccc(Br)cc1OCc1cnc(N)s1. The van der Waals surface area contributed by atoms with Crippen LogP contribution in [0.4, 0.5) is 5.13 Å². The highest BCUT2D eigenvalue weighted by atomic mass is 79.9. The number of benzene rings is 1. The molecule has 0 aliphatic heterocycles. The van der Waals surface area contributed by atoms with E-state index in [9.17, 15) is 0 Å². The summed E-state index contributed by atoms with van der Waals surface area (Å²) in [5.74, 6) is 0.876.